The monoisotopic (exact) mass is 424 g/mol. The lowest BCUT2D eigenvalue weighted by Crippen LogP contribution is -2.33. The second kappa shape index (κ2) is 9.54. The quantitative estimate of drug-likeness (QED) is 0.417. The van der Waals surface area contributed by atoms with Gasteiger partial charge in [-0.3, -0.25) is 0 Å². The molecule has 0 aromatic heterocycles. The maximum Gasteiger partial charge on any atom is 0.339 e. The highest BCUT2D eigenvalue weighted by Crippen LogP contribution is 2.26. The minimum Gasteiger partial charge on any atom is -0.465 e. The molecule has 0 heterocycles. The predicted molar refractivity (Wildman–Crippen MR) is 122 cm³/mol. The van der Waals surface area contributed by atoms with E-state index in [0.29, 0.717) is 15.8 Å². The van der Waals surface area contributed by atoms with E-state index in [1.165, 1.54) is 7.11 Å². The highest BCUT2D eigenvalue weighted by atomic mass is 35.5. The topological polar surface area (TPSA) is 50.4 Å². The first kappa shape index (κ1) is 20.8. The van der Waals surface area contributed by atoms with Gasteiger partial charge in [0.2, 0.25) is 0 Å². The molecule has 0 fully saturated rings. The van der Waals surface area contributed by atoms with Crippen molar-refractivity contribution >= 4 is 40.6 Å². The smallest absolute Gasteiger partial charge is 0.339 e. The number of rotatable bonds is 5. The SMILES string of the molecule is COC(=O)c1cc(NC(=S)N[C@H](c2ccccc2)c2ccccc2C)ccc1Cl. The van der Waals surface area contributed by atoms with Gasteiger partial charge in [-0.1, -0.05) is 66.2 Å². The fraction of sp³-hybridized carbons (Fsp3) is 0.130. The van der Waals surface area contributed by atoms with Gasteiger partial charge in [-0.05, 0) is 54.0 Å². The van der Waals surface area contributed by atoms with Crippen molar-refractivity contribution in [2.24, 2.45) is 0 Å². The molecule has 29 heavy (non-hydrogen) atoms. The number of benzene rings is 3. The molecule has 1 atom stereocenters. The fourth-order valence-corrected chi connectivity index (χ4v) is 3.49. The zero-order valence-corrected chi connectivity index (χ0v) is 17.7. The van der Waals surface area contributed by atoms with Gasteiger partial charge >= 0.3 is 5.97 Å². The maximum atomic E-state index is 11.9. The molecule has 4 nitrogen and oxygen atoms in total. The van der Waals surface area contributed by atoms with E-state index >= 15 is 0 Å². The number of halogens is 1. The van der Waals surface area contributed by atoms with Crippen LogP contribution in [0.4, 0.5) is 5.69 Å². The van der Waals surface area contributed by atoms with E-state index in [1.54, 1.807) is 18.2 Å². The van der Waals surface area contributed by atoms with Gasteiger partial charge in [0.05, 0.1) is 23.7 Å². The Balaban J connectivity index is 1.85. The van der Waals surface area contributed by atoms with Crippen LogP contribution in [-0.4, -0.2) is 18.2 Å². The van der Waals surface area contributed by atoms with E-state index in [2.05, 4.69) is 41.8 Å². The summed E-state index contributed by atoms with van der Waals surface area (Å²) >= 11 is 11.6. The van der Waals surface area contributed by atoms with E-state index < -0.39 is 5.97 Å². The Labute approximate surface area is 180 Å². The lowest BCUT2D eigenvalue weighted by molar-refractivity contribution is 0.0601. The minimum atomic E-state index is -0.500. The number of hydrogen-bond acceptors (Lipinski definition) is 3. The Kier molecular flexibility index (Phi) is 6.86. The van der Waals surface area contributed by atoms with Crippen molar-refractivity contribution in [3.8, 4) is 0 Å². The van der Waals surface area contributed by atoms with Crippen LogP contribution in [0, 0.1) is 6.92 Å². The van der Waals surface area contributed by atoms with Crippen LogP contribution in [-0.2, 0) is 4.74 Å². The van der Waals surface area contributed by atoms with Gasteiger partial charge in [0, 0.05) is 5.69 Å². The van der Waals surface area contributed by atoms with Gasteiger partial charge in [0.25, 0.3) is 0 Å². The normalized spacial score (nSPS) is 11.4. The molecule has 148 valence electrons. The van der Waals surface area contributed by atoms with Gasteiger partial charge in [0.1, 0.15) is 0 Å². The summed E-state index contributed by atoms with van der Waals surface area (Å²) in [6.07, 6.45) is 0. The third kappa shape index (κ3) is 5.13. The number of hydrogen-bond donors (Lipinski definition) is 2. The number of esters is 1. The van der Waals surface area contributed by atoms with Crippen molar-refractivity contribution in [2.75, 3.05) is 12.4 Å². The van der Waals surface area contributed by atoms with E-state index in [9.17, 15) is 4.79 Å². The van der Waals surface area contributed by atoms with Crippen LogP contribution in [0.3, 0.4) is 0 Å². The fourth-order valence-electron chi connectivity index (χ4n) is 3.06. The molecule has 2 N–H and O–H groups in total. The van der Waals surface area contributed by atoms with Crippen LogP contribution in [0.25, 0.3) is 0 Å². The molecule has 3 aromatic carbocycles. The number of carbonyl (C=O) groups excluding carboxylic acids is 1. The van der Waals surface area contributed by atoms with E-state index in [0.717, 1.165) is 16.7 Å². The van der Waals surface area contributed by atoms with Crippen LogP contribution >= 0.6 is 23.8 Å². The number of aryl methyl sites for hydroxylation is 1. The molecule has 0 saturated heterocycles. The van der Waals surface area contributed by atoms with Crippen molar-refractivity contribution in [2.45, 2.75) is 13.0 Å². The molecule has 6 heteroatoms. The molecule has 0 aliphatic carbocycles. The Morgan fingerprint density at radius 3 is 2.41 bits per heavy atom. The van der Waals surface area contributed by atoms with E-state index in [4.69, 9.17) is 28.6 Å². The Morgan fingerprint density at radius 2 is 1.72 bits per heavy atom. The highest BCUT2D eigenvalue weighted by molar-refractivity contribution is 7.80. The zero-order valence-electron chi connectivity index (χ0n) is 16.1. The summed E-state index contributed by atoms with van der Waals surface area (Å²) in [5.74, 6) is -0.500. The molecule has 0 aliphatic rings. The van der Waals surface area contributed by atoms with Gasteiger partial charge in [-0.2, -0.15) is 0 Å². The van der Waals surface area contributed by atoms with Gasteiger partial charge < -0.3 is 15.4 Å². The molecule has 3 rings (SSSR count). The molecule has 0 aliphatic heterocycles. The van der Waals surface area contributed by atoms with Gasteiger partial charge in [-0.25, -0.2) is 4.79 Å². The largest absolute Gasteiger partial charge is 0.465 e. The van der Waals surface area contributed by atoms with Crippen LogP contribution in [0.5, 0.6) is 0 Å². The first-order valence-corrected chi connectivity index (χ1v) is 9.84. The average molecular weight is 425 g/mol. The third-order valence-corrected chi connectivity index (χ3v) is 5.09. The van der Waals surface area contributed by atoms with E-state index in [1.807, 2.05) is 30.3 Å². The van der Waals surface area contributed by atoms with Crippen LogP contribution < -0.4 is 10.6 Å². The Morgan fingerprint density at radius 1 is 1.03 bits per heavy atom. The average Bonchev–Trinajstić information content (AvgIpc) is 2.74. The maximum absolute atomic E-state index is 11.9. The molecule has 0 bridgehead atoms. The number of nitrogens with one attached hydrogen (secondary N) is 2. The number of methoxy groups -OCH3 is 1. The Hall–Kier alpha value is -2.89. The predicted octanol–water partition coefficient (Wildman–Crippen LogP) is 5.51. The van der Waals surface area contributed by atoms with Crippen molar-refractivity contribution in [3.63, 3.8) is 0 Å². The molecule has 0 spiro atoms. The summed E-state index contributed by atoms with van der Waals surface area (Å²) in [6.45, 7) is 2.07. The second-order valence-corrected chi connectivity index (χ2v) is 7.30. The van der Waals surface area contributed by atoms with Crippen molar-refractivity contribution in [1.82, 2.24) is 5.32 Å². The number of thiocarbonyl (C=S) groups is 1. The molecular weight excluding hydrogens is 404 g/mol. The standard InChI is InChI=1S/C23H21ClN2O2S/c1-15-8-6-7-11-18(15)21(16-9-4-3-5-10-16)26-23(29)25-17-12-13-20(24)19(14-17)22(27)28-2/h3-14,21H,1-2H3,(H2,25,26,29)/t21-/m1/s1. The lowest BCUT2D eigenvalue weighted by Gasteiger charge is -2.23. The van der Waals surface area contributed by atoms with Crippen molar-refractivity contribution in [3.05, 3.63) is 100 Å². The zero-order chi connectivity index (χ0) is 20.8. The van der Waals surface area contributed by atoms with Crippen molar-refractivity contribution < 1.29 is 9.53 Å². The molecule has 0 radical (unpaired) electrons. The lowest BCUT2D eigenvalue weighted by atomic mass is 9.95. The second-order valence-electron chi connectivity index (χ2n) is 6.48. The molecule has 0 unspecified atom stereocenters. The first-order valence-electron chi connectivity index (χ1n) is 9.05. The number of ether oxygens (including phenoxy) is 1. The molecule has 0 saturated carbocycles. The molecule has 3 aromatic rings. The molecular formula is C23H21ClN2O2S. The summed E-state index contributed by atoms with van der Waals surface area (Å²) in [4.78, 5) is 11.9. The van der Waals surface area contributed by atoms with Crippen LogP contribution in [0.1, 0.15) is 33.1 Å². The summed E-state index contributed by atoms with van der Waals surface area (Å²) in [5.41, 5.74) is 4.31. The van der Waals surface area contributed by atoms with Gasteiger partial charge in [-0.15, -0.1) is 0 Å². The van der Waals surface area contributed by atoms with Crippen molar-refractivity contribution in [1.29, 1.82) is 0 Å². The summed E-state index contributed by atoms with van der Waals surface area (Å²) in [7, 11) is 1.32. The van der Waals surface area contributed by atoms with Gasteiger partial charge in [0.15, 0.2) is 5.11 Å². The summed E-state index contributed by atoms with van der Waals surface area (Å²) < 4.78 is 4.77. The summed E-state index contributed by atoms with van der Waals surface area (Å²) in [5, 5.41) is 7.27. The third-order valence-electron chi connectivity index (χ3n) is 4.54. The van der Waals surface area contributed by atoms with Crippen LogP contribution in [0.15, 0.2) is 72.8 Å². The Bertz CT molecular complexity index is 1020. The first-order chi connectivity index (χ1) is 14.0. The summed E-state index contributed by atoms with van der Waals surface area (Å²) in [6, 6.07) is 23.2. The highest BCUT2D eigenvalue weighted by Gasteiger charge is 2.17. The van der Waals surface area contributed by atoms with Crippen LogP contribution in [0.2, 0.25) is 5.02 Å². The van der Waals surface area contributed by atoms with E-state index in [-0.39, 0.29) is 11.6 Å². The number of carbonyl (C=O) groups is 1. The number of anilines is 1. The minimum absolute atomic E-state index is 0.121. The molecule has 0 amide bonds.